The second-order valence-corrected chi connectivity index (χ2v) is 8.15. The van der Waals surface area contributed by atoms with Crippen LogP contribution in [0, 0.1) is 11.3 Å². The molecule has 3 aromatic rings. The van der Waals surface area contributed by atoms with Crippen molar-refractivity contribution in [2.75, 3.05) is 0 Å². The molecule has 200 valence electrons. The third kappa shape index (κ3) is 10.8. The number of nitrogens with zero attached hydrogens (tertiary/aromatic N) is 3. The molecule has 0 aliphatic heterocycles. The second kappa shape index (κ2) is 18.6. The molecule has 2 aromatic heterocycles. The summed E-state index contributed by atoms with van der Waals surface area (Å²) in [4.78, 5) is 24.7. The zero-order valence-electron chi connectivity index (χ0n) is 23.0. The minimum absolute atomic E-state index is 0.0129. The molecule has 0 spiro atoms. The Balaban J connectivity index is 0.000000417. The molecule has 1 atom stereocenters. The molecule has 1 unspecified atom stereocenters. The molecule has 3 rings (SSSR count). The van der Waals surface area contributed by atoms with Gasteiger partial charge < -0.3 is 14.3 Å². The first kappa shape index (κ1) is 32.4. The highest BCUT2D eigenvalue weighted by atomic mass is 16.1. The fourth-order valence-electron chi connectivity index (χ4n) is 3.31. The van der Waals surface area contributed by atoms with Gasteiger partial charge in [-0.2, -0.15) is 5.26 Å². The van der Waals surface area contributed by atoms with Gasteiger partial charge in [0, 0.05) is 31.3 Å². The van der Waals surface area contributed by atoms with Gasteiger partial charge in [-0.15, -0.1) is 0 Å². The summed E-state index contributed by atoms with van der Waals surface area (Å²) >= 11 is 0. The van der Waals surface area contributed by atoms with E-state index in [0.717, 1.165) is 17.5 Å². The third-order valence-electron chi connectivity index (χ3n) is 5.30. The van der Waals surface area contributed by atoms with Crippen LogP contribution in [0.15, 0.2) is 131 Å². The molecular weight excluding hydrogens is 496 g/mol. The predicted molar refractivity (Wildman–Crippen MR) is 161 cm³/mol. The predicted octanol–water partition coefficient (Wildman–Crippen LogP) is 6.24. The Morgan fingerprint density at radius 2 is 1.65 bits per heavy atom. The van der Waals surface area contributed by atoms with Crippen molar-refractivity contribution in [3.05, 3.63) is 137 Å². The van der Waals surface area contributed by atoms with Gasteiger partial charge >= 0.3 is 0 Å². The van der Waals surface area contributed by atoms with Crippen LogP contribution in [0.4, 0.5) is 0 Å². The number of amides is 1. The van der Waals surface area contributed by atoms with Gasteiger partial charge in [0.25, 0.3) is 5.56 Å². The van der Waals surface area contributed by atoms with Crippen LogP contribution in [0.25, 0.3) is 16.6 Å². The van der Waals surface area contributed by atoms with Gasteiger partial charge in [0.2, 0.25) is 5.91 Å². The Hall–Kier alpha value is -5.61. The number of benzene rings is 1. The number of rotatable bonds is 7. The fourth-order valence-corrected chi connectivity index (χ4v) is 3.31. The van der Waals surface area contributed by atoms with Crippen molar-refractivity contribution in [2.24, 2.45) is 0 Å². The molecular formula is C34H32N4O2. The summed E-state index contributed by atoms with van der Waals surface area (Å²) in [7, 11) is 0. The topological polar surface area (TPSA) is 79.3 Å². The lowest BCUT2D eigenvalue weighted by atomic mass is 10.2. The molecule has 0 aliphatic rings. The molecule has 6 heteroatoms. The molecule has 0 saturated carbocycles. The molecule has 0 fully saturated rings. The first-order valence-electron chi connectivity index (χ1n) is 12.5. The maximum absolute atomic E-state index is 12.7. The zero-order chi connectivity index (χ0) is 29.8. The summed E-state index contributed by atoms with van der Waals surface area (Å²) in [6, 6.07) is 13.6. The molecule has 40 heavy (non-hydrogen) atoms. The molecule has 1 N–H and O–H groups in total. The number of allylic oxidation sites excluding steroid dienone is 2. The number of fused-ring (bicyclic) bond motifs is 3. The van der Waals surface area contributed by atoms with E-state index >= 15 is 0 Å². The van der Waals surface area contributed by atoms with Gasteiger partial charge in [-0.05, 0) is 86.7 Å². The van der Waals surface area contributed by atoms with E-state index in [1.165, 1.54) is 6.08 Å². The van der Waals surface area contributed by atoms with Gasteiger partial charge in [-0.1, -0.05) is 48.6 Å². The van der Waals surface area contributed by atoms with Gasteiger partial charge in [0.05, 0.1) is 22.7 Å². The van der Waals surface area contributed by atoms with Crippen LogP contribution in [-0.2, 0) is 11.3 Å². The van der Waals surface area contributed by atoms with Gasteiger partial charge in [0.15, 0.2) is 0 Å². The molecule has 1 amide bonds. The van der Waals surface area contributed by atoms with Crippen molar-refractivity contribution in [1.82, 2.24) is 14.3 Å². The Bertz CT molecular complexity index is 1750. The normalized spacial score (nSPS) is 9.32. The molecule has 0 aliphatic carbocycles. The number of hydrogen-bond acceptors (Lipinski definition) is 3. The van der Waals surface area contributed by atoms with E-state index in [2.05, 4.69) is 77.5 Å². The maximum Gasteiger partial charge on any atom is 0.275 e. The maximum atomic E-state index is 12.7. The number of nitriles is 1. The molecule has 0 bridgehead atoms. The van der Waals surface area contributed by atoms with Gasteiger partial charge in [-0.25, -0.2) is 0 Å². The number of carbonyl (C=O) groups excluding carboxylic acids is 1. The second-order valence-electron chi connectivity index (χ2n) is 8.15. The number of aryl methyl sites for hydroxylation is 1. The number of nitrogens with one attached hydrogen (secondary N) is 1. The molecule has 0 saturated heterocycles. The van der Waals surface area contributed by atoms with E-state index in [-0.39, 0.29) is 17.5 Å². The summed E-state index contributed by atoms with van der Waals surface area (Å²) in [6.45, 7) is 17.7. The molecule has 0 radical (unpaired) electrons. The van der Waals surface area contributed by atoms with E-state index in [1.807, 2.05) is 66.9 Å². The van der Waals surface area contributed by atoms with Gasteiger partial charge in [0.1, 0.15) is 5.52 Å². The lowest BCUT2D eigenvalue weighted by molar-refractivity contribution is -0.121. The first-order valence-corrected chi connectivity index (χ1v) is 12.5. The van der Waals surface area contributed by atoms with Crippen LogP contribution in [0.3, 0.4) is 0 Å². The Morgan fingerprint density at radius 1 is 1.00 bits per heavy atom. The van der Waals surface area contributed by atoms with Crippen molar-refractivity contribution in [1.29, 1.82) is 5.26 Å². The van der Waals surface area contributed by atoms with E-state index in [4.69, 9.17) is 5.26 Å². The SMILES string of the molecule is C=C=C=C=C.C=C=C=C=C=C=CC(=C)C#N.CCC(C)NC(=O)CCCn1c(=O)c2cccn2c2ccccc21. The van der Waals surface area contributed by atoms with Crippen molar-refractivity contribution >= 4 is 22.5 Å². The Morgan fingerprint density at radius 3 is 2.25 bits per heavy atom. The first-order chi connectivity index (χ1) is 19.3. The summed E-state index contributed by atoms with van der Waals surface area (Å²) in [5.74, 6) is 0.0467. The van der Waals surface area contributed by atoms with E-state index < -0.39 is 0 Å². The lowest BCUT2D eigenvalue weighted by Gasteiger charge is -2.14. The van der Waals surface area contributed by atoms with Crippen molar-refractivity contribution in [3.63, 3.8) is 0 Å². The molecule has 1 aromatic carbocycles. The van der Waals surface area contributed by atoms with Crippen molar-refractivity contribution in [2.45, 2.75) is 45.7 Å². The van der Waals surface area contributed by atoms with Crippen LogP contribution >= 0.6 is 0 Å². The minimum atomic E-state index is -0.0129. The highest BCUT2D eigenvalue weighted by Gasteiger charge is 2.11. The highest BCUT2D eigenvalue weighted by Crippen LogP contribution is 2.15. The smallest absolute Gasteiger partial charge is 0.275 e. The van der Waals surface area contributed by atoms with E-state index in [9.17, 15) is 9.59 Å². The van der Waals surface area contributed by atoms with Crippen molar-refractivity contribution < 1.29 is 4.79 Å². The number of para-hydroxylation sites is 2. The van der Waals surface area contributed by atoms with Crippen LogP contribution < -0.4 is 10.9 Å². The van der Waals surface area contributed by atoms with Crippen LogP contribution in [-0.4, -0.2) is 20.9 Å². The highest BCUT2D eigenvalue weighted by molar-refractivity contribution is 5.79. The van der Waals surface area contributed by atoms with E-state index in [0.29, 0.717) is 30.5 Å². The third-order valence-corrected chi connectivity index (χ3v) is 5.30. The van der Waals surface area contributed by atoms with Crippen LogP contribution in [0.1, 0.15) is 33.1 Å². The summed E-state index contributed by atoms with van der Waals surface area (Å²) in [5, 5.41) is 11.2. The number of hydrogen-bond donors (Lipinski definition) is 1. The monoisotopic (exact) mass is 528 g/mol. The molecule has 6 nitrogen and oxygen atoms in total. The Labute approximate surface area is 235 Å². The van der Waals surface area contributed by atoms with Crippen molar-refractivity contribution in [3.8, 4) is 6.07 Å². The standard InChI is InChI=1S/C19H23N3O2.C10H5N.C5H4/c1-3-14(2)20-18(23)11-7-13-22-16-9-5-4-8-15(16)21-12-6-10-17(21)19(22)24;1-3-4-5-6-7-8-10(2)9-11;1-3-5-4-2/h4-6,8-10,12,14H,3,7,11,13H2,1-2H3,(H,20,23);8H,1-2H2;1-2H2. The van der Waals surface area contributed by atoms with Crippen LogP contribution in [0.2, 0.25) is 0 Å². The Kier molecular flexibility index (Phi) is 15.1. The zero-order valence-corrected chi connectivity index (χ0v) is 23.0. The average Bonchev–Trinajstić information content (AvgIpc) is 3.46. The lowest BCUT2D eigenvalue weighted by Crippen LogP contribution is -2.32. The quantitative estimate of drug-likeness (QED) is 0.224. The minimum Gasteiger partial charge on any atom is -0.354 e. The average molecular weight is 529 g/mol. The molecule has 2 heterocycles. The van der Waals surface area contributed by atoms with Gasteiger partial charge in [-0.3, -0.25) is 9.59 Å². The van der Waals surface area contributed by atoms with E-state index in [1.54, 1.807) is 4.57 Å². The summed E-state index contributed by atoms with van der Waals surface area (Å²) < 4.78 is 3.70. The fraction of sp³-hybridized carbons (Fsp3) is 0.206. The number of aromatic nitrogens is 2. The largest absolute Gasteiger partial charge is 0.354 e. The van der Waals surface area contributed by atoms with Crippen LogP contribution in [0.5, 0.6) is 0 Å². The summed E-state index contributed by atoms with van der Waals surface area (Å²) in [6.07, 6.45) is 5.29. The summed E-state index contributed by atoms with van der Waals surface area (Å²) in [5.41, 5.74) is 22.2. The number of carbonyl (C=O) groups is 1.